The number of nitrogens with one attached hydrogen (secondary N) is 2. The van der Waals surface area contributed by atoms with E-state index >= 15 is 0 Å². The Morgan fingerprint density at radius 2 is 1.70 bits per heavy atom. The van der Waals surface area contributed by atoms with Gasteiger partial charge in [0.1, 0.15) is 6.04 Å². The third-order valence-electron chi connectivity index (χ3n) is 3.28. The topological polar surface area (TPSA) is 116 Å². The molecule has 0 aromatic heterocycles. The van der Waals surface area contributed by atoms with Crippen molar-refractivity contribution in [2.24, 2.45) is 0 Å². The van der Waals surface area contributed by atoms with E-state index in [1.165, 1.54) is 0 Å². The lowest BCUT2D eigenvalue weighted by Crippen LogP contribution is -2.45. The average Bonchev–Trinajstić information content (AvgIpc) is 2.52. The van der Waals surface area contributed by atoms with Crippen LogP contribution in [0.3, 0.4) is 0 Å². The number of carbonyl (C=O) groups excluding carboxylic acids is 1. The first kappa shape index (κ1) is 18.5. The van der Waals surface area contributed by atoms with Crippen LogP contribution in [0.4, 0.5) is 4.79 Å². The molecule has 1 rings (SSSR count). The van der Waals surface area contributed by atoms with E-state index in [0.717, 1.165) is 5.56 Å². The molecule has 0 spiro atoms. The monoisotopic (exact) mass is 322 g/mol. The molecule has 1 unspecified atom stereocenters. The highest BCUT2D eigenvalue weighted by atomic mass is 16.4. The maximum atomic E-state index is 11.7. The number of urea groups is 1. The van der Waals surface area contributed by atoms with Crippen LogP contribution in [0.5, 0.6) is 0 Å². The second-order valence-corrected chi connectivity index (χ2v) is 5.20. The van der Waals surface area contributed by atoms with E-state index < -0.39 is 24.0 Å². The van der Waals surface area contributed by atoms with Crippen molar-refractivity contribution in [2.75, 3.05) is 0 Å². The van der Waals surface area contributed by atoms with Gasteiger partial charge in [-0.05, 0) is 18.4 Å². The Bertz CT molecular complexity index is 518. The molecule has 0 saturated carbocycles. The van der Waals surface area contributed by atoms with Crippen molar-refractivity contribution in [3.8, 4) is 0 Å². The first-order valence-corrected chi connectivity index (χ1v) is 7.52. The fourth-order valence-electron chi connectivity index (χ4n) is 2.05. The van der Waals surface area contributed by atoms with Crippen LogP contribution in [0, 0.1) is 0 Å². The Morgan fingerprint density at radius 3 is 2.30 bits per heavy atom. The number of benzene rings is 1. The lowest BCUT2D eigenvalue weighted by Gasteiger charge is -2.15. The Hall–Kier alpha value is -2.57. The molecule has 0 aliphatic carbocycles. The third kappa shape index (κ3) is 8.45. The van der Waals surface area contributed by atoms with Crippen LogP contribution in [0.25, 0.3) is 0 Å². The molecule has 0 saturated heterocycles. The zero-order valence-corrected chi connectivity index (χ0v) is 12.8. The molecular formula is C16H22N2O5. The molecule has 0 aliphatic rings. The van der Waals surface area contributed by atoms with Gasteiger partial charge in [0.05, 0.1) is 0 Å². The quantitative estimate of drug-likeness (QED) is 0.492. The number of hydrogen-bond donors (Lipinski definition) is 4. The standard InChI is InChI=1S/C16H22N2O5/c19-14(20)10-6-2-5-9-13(15(21)22)18-16(23)17-11-12-7-3-1-4-8-12/h1,3-4,7-8,13H,2,5-6,9-11H2,(H,19,20)(H,21,22)(H2,17,18,23). The summed E-state index contributed by atoms with van der Waals surface area (Å²) in [5.74, 6) is -1.96. The van der Waals surface area contributed by atoms with E-state index in [1.54, 1.807) is 0 Å². The smallest absolute Gasteiger partial charge is 0.326 e. The molecule has 126 valence electrons. The number of carbonyl (C=O) groups is 3. The third-order valence-corrected chi connectivity index (χ3v) is 3.28. The number of amides is 2. The van der Waals surface area contributed by atoms with Gasteiger partial charge >= 0.3 is 18.0 Å². The van der Waals surface area contributed by atoms with Crippen molar-refractivity contribution in [3.63, 3.8) is 0 Å². The molecule has 2 amide bonds. The fraction of sp³-hybridized carbons (Fsp3) is 0.438. The molecule has 1 aromatic rings. The van der Waals surface area contributed by atoms with Crippen LogP contribution in [0.1, 0.15) is 37.7 Å². The molecule has 23 heavy (non-hydrogen) atoms. The predicted octanol–water partition coefficient (Wildman–Crippen LogP) is 1.97. The van der Waals surface area contributed by atoms with Crippen LogP contribution in [0.15, 0.2) is 30.3 Å². The second kappa shape index (κ2) is 10.2. The van der Waals surface area contributed by atoms with Gasteiger partial charge < -0.3 is 20.8 Å². The zero-order chi connectivity index (χ0) is 17.1. The highest BCUT2D eigenvalue weighted by molar-refractivity contribution is 5.82. The largest absolute Gasteiger partial charge is 0.481 e. The van der Waals surface area contributed by atoms with Crippen molar-refractivity contribution in [1.29, 1.82) is 0 Å². The number of carboxylic acids is 2. The van der Waals surface area contributed by atoms with E-state index in [9.17, 15) is 14.4 Å². The summed E-state index contributed by atoms with van der Waals surface area (Å²) in [6, 6.07) is 7.78. The molecule has 1 atom stereocenters. The van der Waals surface area contributed by atoms with Crippen LogP contribution in [0.2, 0.25) is 0 Å². The normalized spacial score (nSPS) is 11.5. The Balaban J connectivity index is 2.29. The minimum Gasteiger partial charge on any atom is -0.481 e. The minimum atomic E-state index is -1.10. The van der Waals surface area contributed by atoms with Crippen LogP contribution >= 0.6 is 0 Å². The number of carboxylic acid groups (broad SMARTS) is 2. The fourth-order valence-corrected chi connectivity index (χ4v) is 2.05. The summed E-state index contributed by atoms with van der Waals surface area (Å²) in [6.07, 6.45) is 2.00. The average molecular weight is 322 g/mol. The molecule has 0 heterocycles. The van der Waals surface area contributed by atoms with Crippen molar-refractivity contribution in [3.05, 3.63) is 35.9 Å². The summed E-state index contributed by atoms with van der Waals surface area (Å²) < 4.78 is 0. The Morgan fingerprint density at radius 1 is 1.00 bits per heavy atom. The van der Waals surface area contributed by atoms with Crippen LogP contribution in [-0.4, -0.2) is 34.2 Å². The molecule has 7 heteroatoms. The first-order chi connectivity index (χ1) is 11.0. The number of unbranched alkanes of at least 4 members (excludes halogenated alkanes) is 2. The summed E-state index contributed by atoms with van der Waals surface area (Å²) in [6.45, 7) is 0.317. The van der Waals surface area contributed by atoms with E-state index in [1.807, 2.05) is 30.3 Å². The van der Waals surface area contributed by atoms with Gasteiger partial charge in [-0.25, -0.2) is 9.59 Å². The lowest BCUT2D eigenvalue weighted by molar-refractivity contribution is -0.139. The Labute approximate surface area is 134 Å². The minimum absolute atomic E-state index is 0.0722. The highest BCUT2D eigenvalue weighted by Crippen LogP contribution is 2.06. The molecule has 1 aromatic carbocycles. The van der Waals surface area contributed by atoms with Gasteiger partial charge in [0.15, 0.2) is 0 Å². The highest BCUT2D eigenvalue weighted by Gasteiger charge is 2.19. The summed E-state index contributed by atoms with van der Waals surface area (Å²) in [4.78, 5) is 33.3. The molecule has 0 bridgehead atoms. The van der Waals surface area contributed by atoms with E-state index in [0.29, 0.717) is 25.8 Å². The SMILES string of the molecule is O=C(O)CCCCCC(NC(=O)NCc1ccccc1)C(=O)O. The number of rotatable bonds is 10. The van der Waals surface area contributed by atoms with E-state index in [4.69, 9.17) is 10.2 Å². The molecular weight excluding hydrogens is 300 g/mol. The molecule has 7 nitrogen and oxygen atoms in total. The van der Waals surface area contributed by atoms with Gasteiger partial charge in [0.2, 0.25) is 0 Å². The van der Waals surface area contributed by atoms with Crippen molar-refractivity contribution in [1.82, 2.24) is 10.6 Å². The second-order valence-electron chi connectivity index (χ2n) is 5.20. The van der Waals surface area contributed by atoms with E-state index in [2.05, 4.69) is 10.6 Å². The van der Waals surface area contributed by atoms with Crippen molar-refractivity contribution >= 4 is 18.0 Å². The summed E-state index contributed by atoms with van der Waals surface area (Å²) in [5, 5.41) is 22.7. The summed E-state index contributed by atoms with van der Waals surface area (Å²) >= 11 is 0. The van der Waals surface area contributed by atoms with Gasteiger partial charge in [-0.2, -0.15) is 0 Å². The molecule has 0 radical (unpaired) electrons. The van der Waals surface area contributed by atoms with Gasteiger partial charge in [-0.15, -0.1) is 0 Å². The molecule has 0 aliphatic heterocycles. The van der Waals surface area contributed by atoms with E-state index in [-0.39, 0.29) is 12.8 Å². The van der Waals surface area contributed by atoms with Gasteiger partial charge in [0, 0.05) is 13.0 Å². The van der Waals surface area contributed by atoms with Gasteiger partial charge in [0.25, 0.3) is 0 Å². The maximum absolute atomic E-state index is 11.7. The van der Waals surface area contributed by atoms with Crippen LogP contribution < -0.4 is 10.6 Å². The van der Waals surface area contributed by atoms with Gasteiger partial charge in [-0.1, -0.05) is 43.2 Å². The summed E-state index contributed by atoms with van der Waals surface area (Å²) in [5.41, 5.74) is 0.920. The van der Waals surface area contributed by atoms with Crippen molar-refractivity contribution < 1.29 is 24.6 Å². The molecule has 4 N–H and O–H groups in total. The van der Waals surface area contributed by atoms with Gasteiger partial charge in [-0.3, -0.25) is 4.79 Å². The Kier molecular flexibility index (Phi) is 8.20. The van der Waals surface area contributed by atoms with Crippen molar-refractivity contribution in [2.45, 2.75) is 44.7 Å². The summed E-state index contributed by atoms with van der Waals surface area (Å²) in [7, 11) is 0. The lowest BCUT2D eigenvalue weighted by atomic mass is 10.1. The molecule has 0 fully saturated rings. The number of hydrogen-bond acceptors (Lipinski definition) is 3. The maximum Gasteiger partial charge on any atom is 0.326 e. The zero-order valence-electron chi connectivity index (χ0n) is 12.8. The van der Waals surface area contributed by atoms with Crippen LogP contribution in [-0.2, 0) is 16.1 Å². The number of aliphatic carboxylic acids is 2. The first-order valence-electron chi connectivity index (χ1n) is 7.52. The predicted molar refractivity (Wildman–Crippen MR) is 84.0 cm³/mol.